The van der Waals surface area contributed by atoms with E-state index >= 15 is 0 Å². The molecule has 2 saturated heterocycles. The summed E-state index contributed by atoms with van der Waals surface area (Å²) in [6, 6.07) is 8.88. The SMILES string of the molecule is CC1(N)CCN(c2cnc(Sc3cccc(NC(=O)CC(=O)NCCCCNc4ccc5c(c4)C(=O)N(C4CCC(=O)NC4=O)C5=O)c3Cl)c(N)n2)CC1. The maximum atomic E-state index is 13.0. The van der Waals surface area contributed by atoms with Gasteiger partial charge in [-0.15, -0.1) is 0 Å². The van der Waals surface area contributed by atoms with E-state index in [2.05, 4.69) is 36.1 Å². The van der Waals surface area contributed by atoms with E-state index < -0.39 is 47.9 Å². The predicted molar refractivity (Wildman–Crippen MR) is 203 cm³/mol. The van der Waals surface area contributed by atoms with Crippen LogP contribution in [-0.4, -0.2) is 88.1 Å². The molecule has 16 nitrogen and oxygen atoms in total. The van der Waals surface area contributed by atoms with Gasteiger partial charge in [-0.1, -0.05) is 29.4 Å². The molecule has 284 valence electrons. The second-order valence-corrected chi connectivity index (χ2v) is 15.1. The van der Waals surface area contributed by atoms with Gasteiger partial charge < -0.3 is 32.3 Å². The third kappa shape index (κ3) is 8.91. The van der Waals surface area contributed by atoms with Gasteiger partial charge in [-0.3, -0.25) is 39.0 Å². The summed E-state index contributed by atoms with van der Waals surface area (Å²) in [4.78, 5) is 87.6. The third-order valence-electron chi connectivity index (χ3n) is 9.44. The number of anilines is 4. The number of nitrogens with one attached hydrogen (secondary N) is 4. The summed E-state index contributed by atoms with van der Waals surface area (Å²) in [7, 11) is 0. The molecule has 18 heteroatoms. The number of nitrogens with zero attached hydrogens (tertiary/aromatic N) is 4. The maximum absolute atomic E-state index is 13.0. The van der Waals surface area contributed by atoms with E-state index in [4.69, 9.17) is 23.1 Å². The Hall–Kier alpha value is -5.26. The molecule has 3 aromatic rings. The number of hydrogen-bond donors (Lipinski definition) is 6. The summed E-state index contributed by atoms with van der Waals surface area (Å²) in [5.41, 5.74) is 13.7. The highest BCUT2D eigenvalue weighted by Crippen LogP contribution is 2.39. The smallest absolute Gasteiger partial charge is 0.262 e. The summed E-state index contributed by atoms with van der Waals surface area (Å²) in [6.45, 7) is 4.42. The van der Waals surface area contributed by atoms with Crippen LogP contribution in [0.15, 0.2) is 52.5 Å². The number of nitrogens with two attached hydrogens (primary N) is 2. The van der Waals surface area contributed by atoms with Crippen LogP contribution in [0.1, 0.15) is 72.6 Å². The first-order chi connectivity index (χ1) is 25.8. The molecule has 3 aliphatic heterocycles. The minimum absolute atomic E-state index is 0.0482. The van der Waals surface area contributed by atoms with Gasteiger partial charge >= 0.3 is 0 Å². The summed E-state index contributed by atoms with van der Waals surface area (Å²) < 4.78 is 0. The van der Waals surface area contributed by atoms with E-state index in [-0.39, 0.29) is 40.3 Å². The van der Waals surface area contributed by atoms with Crippen molar-refractivity contribution in [1.29, 1.82) is 0 Å². The van der Waals surface area contributed by atoms with Crippen LogP contribution >= 0.6 is 23.4 Å². The van der Waals surface area contributed by atoms with Crippen molar-refractivity contribution in [3.05, 3.63) is 58.7 Å². The van der Waals surface area contributed by atoms with Gasteiger partial charge in [-0.2, -0.15) is 0 Å². The van der Waals surface area contributed by atoms with E-state index in [9.17, 15) is 28.8 Å². The molecular weight excluding hydrogens is 736 g/mol. The first-order valence-corrected chi connectivity index (χ1v) is 18.8. The lowest BCUT2D eigenvalue weighted by Crippen LogP contribution is -2.54. The highest BCUT2D eigenvalue weighted by molar-refractivity contribution is 7.99. The Labute approximate surface area is 320 Å². The van der Waals surface area contributed by atoms with Crippen molar-refractivity contribution >= 4 is 81.8 Å². The maximum Gasteiger partial charge on any atom is 0.262 e. The Balaban J connectivity index is 0.912. The second kappa shape index (κ2) is 16.4. The molecule has 2 aromatic carbocycles. The summed E-state index contributed by atoms with van der Waals surface area (Å²) in [5, 5.41) is 11.6. The molecule has 0 bridgehead atoms. The van der Waals surface area contributed by atoms with Crippen LogP contribution in [0.5, 0.6) is 0 Å². The molecule has 6 rings (SSSR count). The average molecular weight is 777 g/mol. The minimum atomic E-state index is -1.03. The van der Waals surface area contributed by atoms with Gasteiger partial charge in [-0.25, -0.2) is 9.97 Å². The molecule has 1 aromatic heterocycles. The van der Waals surface area contributed by atoms with Crippen molar-refractivity contribution in [2.45, 2.75) is 73.4 Å². The average Bonchev–Trinajstić information content (AvgIpc) is 3.37. The fourth-order valence-corrected chi connectivity index (χ4v) is 7.44. The summed E-state index contributed by atoms with van der Waals surface area (Å²) in [6.07, 6.45) is 4.35. The molecule has 1 unspecified atom stereocenters. The Morgan fingerprint density at radius 3 is 2.52 bits per heavy atom. The normalized spacial score (nSPS) is 17.9. The van der Waals surface area contributed by atoms with Crippen LogP contribution in [0.3, 0.4) is 0 Å². The number of amides is 6. The first kappa shape index (κ1) is 38.5. The van der Waals surface area contributed by atoms with Crippen molar-refractivity contribution in [3.63, 3.8) is 0 Å². The molecule has 0 aliphatic carbocycles. The fourth-order valence-electron chi connectivity index (χ4n) is 6.34. The Bertz CT molecular complexity index is 2000. The Morgan fingerprint density at radius 2 is 1.78 bits per heavy atom. The number of rotatable bonds is 13. The van der Waals surface area contributed by atoms with E-state index in [0.717, 1.165) is 30.8 Å². The number of imide groups is 2. The quantitative estimate of drug-likeness (QED) is 0.0834. The van der Waals surface area contributed by atoms with E-state index in [1.165, 1.54) is 17.8 Å². The lowest BCUT2D eigenvalue weighted by molar-refractivity contribution is -0.136. The van der Waals surface area contributed by atoms with E-state index in [1.807, 2.05) is 6.92 Å². The third-order valence-corrected chi connectivity index (χ3v) is 11.0. The lowest BCUT2D eigenvalue weighted by Gasteiger charge is -2.37. The van der Waals surface area contributed by atoms with Crippen LogP contribution in [-0.2, 0) is 19.2 Å². The summed E-state index contributed by atoms with van der Waals surface area (Å²) in [5.74, 6) is -2.27. The number of hydrogen-bond acceptors (Lipinski definition) is 13. The number of benzene rings is 2. The monoisotopic (exact) mass is 776 g/mol. The van der Waals surface area contributed by atoms with Gasteiger partial charge in [0.2, 0.25) is 23.6 Å². The zero-order chi connectivity index (χ0) is 38.6. The number of unbranched alkanes of at least 4 members (excludes halogenated alkanes) is 1. The minimum Gasteiger partial charge on any atom is -0.385 e. The molecule has 54 heavy (non-hydrogen) atoms. The van der Waals surface area contributed by atoms with Crippen LogP contribution in [0.4, 0.5) is 23.0 Å². The number of nitrogen functional groups attached to an aromatic ring is 1. The standard InChI is InChI=1S/C36H41ClN10O6S/c1-36(39)11-15-46(16-12-36)26-19-42-33(31(38)44-26)54-25-6-4-5-23(30(25)37)43-29(50)18-28(49)41-14-3-2-13-40-20-7-8-21-22(17-20)35(53)47(34(21)52)24-9-10-27(48)45-32(24)51/h4-8,17,19,24,40H,2-3,9-16,18,39H2,1H3,(H2,38,44)(H,41,49)(H,43,50)(H,45,48,51). The van der Waals surface area contributed by atoms with Crippen LogP contribution in [0.2, 0.25) is 5.02 Å². The Kier molecular flexibility index (Phi) is 11.7. The number of fused-ring (bicyclic) bond motifs is 1. The molecule has 8 N–H and O–H groups in total. The summed E-state index contributed by atoms with van der Waals surface area (Å²) >= 11 is 7.85. The highest BCUT2D eigenvalue weighted by Gasteiger charge is 2.44. The van der Waals surface area contributed by atoms with Crippen molar-refractivity contribution < 1.29 is 28.8 Å². The van der Waals surface area contributed by atoms with Gasteiger partial charge in [0.05, 0.1) is 28.0 Å². The molecule has 3 aliphatic rings. The number of piperidine rings is 2. The second-order valence-electron chi connectivity index (χ2n) is 13.7. The number of carbonyl (C=O) groups is 6. The van der Waals surface area contributed by atoms with Crippen LogP contribution < -0.4 is 37.6 Å². The molecule has 1 atom stereocenters. The van der Waals surface area contributed by atoms with Crippen molar-refractivity contribution in [1.82, 2.24) is 25.5 Å². The predicted octanol–water partition coefficient (Wildman–Crippen LogP) is 2.92. The molecule has 0 spiro atoms. The van der Waals surface area contributed by atoms with Crippen molar-refractivity contribution in [2.75, 3.05) is 47.4 Å². The number of carbonyl (C=O) groups excluding carboxylic acids is 6. The van der Waals surface area contributed by atoms with Gasteiger partial charge in [0, 0.05) is 48.7 Å². The molecule has 0 saturated carbocycles. The lowest BCUT2D eigenvalue weighted by atomic mass is 9.91. The Morgan fingerprint density at radius 1 is 1.04 bits per heavy atom. The van der Waals surface area contributed by atoms with E-state index in [1.54, 1.807) is 36.5 Å². The van der Waals surface area contributed by atoms with E-state index in [0.29, 0.717) is 53.0 Å². The van der Waals surface area contributed by atoms with Gasteiger partial charge in [-0.05, 0) is 69.4 Å². The fraction of sp³-hybridized carbons (Fsp3) is 0.389. The first-order valence-electron chi connectivity index (χ1n) is 17.6. The zero-order valence-corrected chi connectivity index (χ0v) is 31.1. The van der Waals surface area contributed by atoms with Gasteiger partial charge in [0.15, 0.2) is 5.82 Å². The van der Waals surface area contributed by atoms with Crippen molar-refractivity contribution in [2.24, 2.45) is 5.73 Å². The topological polar surface area (TPSA) is 235 Å². The molecule has 2 fully saturated rings. The molecular formula is C36H41ClN10O6S. The number of halogens is 1. The number of aromatic nitrogens is 2. The molecule has 0 radical (unpaired) electrons. The largest absolute Gasteiger partial charge is 0.385 e. The molecule has 4 heterocycles. The molecule has 6 amide bonds. The van der Waals surface area contributed by atoms with Gasteiger partial charge in [0.25, 0.3) is 11.8 Å². The van der Waals surface area contributed by atoms with Crippen molar-refractivity contribution in [3.8, 4) is 0 Å². The van der Waals surface area contributed by atoms with Crippen LogP contribution in [0, 0.1) is 0 Å². The highest BCUT2D eigenvalue weighted by atomic mass is 35.5. The zero-order valence-electron chi connectivity index (χ0n) is 29.6. The van der Waals surface area contributed by atoms with Gasteiger partial charge in [0.1, 0.15) is 23.3 Å². The van der Waals surface area contributed by atoms with Crippen LogP contribution in [0.25, 0.3) is 0 Å².